The van der Waals surface area contributed by atoms with Gasteiger partial charge in [0.05, 0.1) is 11.9 Å². The van der Waals surface area contributed by atoms with Crippen LogP contribution in [0.5, 0.6) is 0 Å². The van der Waals surface area contributed by atoms with Gasteiger partial charge >= 0.3 is 0 Å². The number of nitrogens with one attached hydrogen (secondary N) is 2. The summed E-state index contributed by atoms with van der Waals surface area (Å²) in [7, 11) is 0. The lowest BCUT2D eigenvalue weighted by atomic mass is 9.80. The minimum atomic E-state index is -0.800. The van der Waals surface area contributed by atoms with Crippen molar-refractivity contribution in [2.45, 2.75) is 44.6 Å². The lowest BCUT2D eigenvalue weighted by molar-refractivity contribution is -0.130. The molecule has 2 rings (SSSR count). The summed E-state index contributed by atoms with van der Waals surface area (Å²) >= 11 is 0. The molecule has 4 N–H and O–H groups in total. The molecule has 6 nitrogen and oxygen atoms in total. The molecule has 0 aromatic carbocycles. The van der Waals surface area contributed by atoms with E-state index in [1.54, 1.807) is 12.1 Å². The Balaban J connectivity index is 2.13. The Bertz CT molecular complexity index is 492. The minimum absolute atomic E-state index is 0.182. The van der Waals surface area contributed by atoms with Crippen LogP contribution in [0.3, 0.4) is 0 Å². The highest BCUT2D eigenvalue weighted by molar-refractivity contribution is 6.00. The first kappa shape index (κ1) is 14.3. The number of nitrogen functional groups attached to an aromatic ring is 1. The summed E-state index contributed by atoms with van der Waals surface area (Å²) in [5.74, 6) is 0.0358. The van der Waals surface area contributed by atoms with E-state index in [2.05, 4.69) is 15.6 Å². The van der Waals surface area contributed by atoms with E-state index in [0.29, 0.717) is 24.3 Å². The van der Waals surface area contributed by atoms with E-state index < -0.39 is 5.54 Å². The van der Waals surface area contributed by atoms with Crippen molar-refractivity contribution in [1.82, 2.24) is 10.3 Å². The number of anilines is 2. The van der Waals surface area contributed by atoms with Gasteiger partial charge in [0, 0.05) is 6.92 Å². The van der Waals surface area contributed by atoms with E-state index >= 15 is 0 Å². The molecule has 1 aromatic rings. The monoisotopic (exact) mass is 276 g/mol. The Kier molecular flexibility index (Phi) is 4.22. The molecule has 1 aliphatic rings. The fourth-order valence-corrected chi connectivity index (χ4v) is 2.63. The van der Waals surface area contributed by atoms with Crippen LogP contribution in [0.25, 0.3) is 0 Å². The molecule has 20 heavy (non-hydrogen) atoms. The van der Waals surface area contributed by atoms with Crippen LogP contribution in [0, 0.1) is 0 Å². The van der Waals surface area contributed by atoms with Gasteiger partial charge in [-0.2, -0.15) is 0 Å². The van der Waals surface area contributed by atoms with Gasteiger partial charge in [0.2, 0.25) is 11.8 Å². The van der Waals surface area contributed by atoms with Crippen molar-refractivity contribution in [3.8, 4) is 0 Å². The van der Waals surface area contributed by atoms with Crippen LogP contribution in [0.4, 0.5) is 11.5 Å². The predicted molar refractivity (Wildman–Crippen MR) is 76.9 cm³/mol. The van der Waals surface area contributed by atoms with Gasteiger partial charge < -0.3 is 16.4 Å². The van der Waals surface area contributed by atoms with E-state index in [1.807, 2.05) is 0 Å². The minimum Gasteiger partial charge on any atom is -0.384 e. The Morgan fingerprint density at radius 3 is 2.50 bits per heavy atom. The molecule has 0 unspecified atom stereocenters. The van der Waals surface area contributed by atoms with Gasteiger partial charge in [-0.1, -0.05) is 19.3 Å². The van der Waals surface area contributed by atoms with Gasteiger partial charge in [-0.15, -0.1) is 0 Å². The third kappa shape index (κ3) is 3.26. The van der Waals surface area contributed by atoms with Crippen LogP contribution in [0.15, 0.2) is 18.3 Å². The van der Waals surface area contributed by atoms with E-state index in [1.165, 1.54) is 13.1 Å². The second-order valence-corrected chi connectivity index (χ2v) is 5.25. The molecule has 6 heteroatoms. The highest BCUT2D eigenvalue weighted by Crippen LogP contribution is 2.29. The first-order valence-electron chi connectivity index (χ1n) is 6.84. The summed E-state index contributed by atoms with van der Waals surface area (Å²) in [6.07, 6.45) is 5.82. The Hall–Kier alpha value is -2.11. The molecule has 1 saturated carbocycles. The quantitative estimate of drug-likeness (QED) is 0.778. The van der Waals surface area contributed by atoms with Crippen LogP contribution in [-0.2, 0) is 9.59 Å². The van der Waals surface area contributed by atoms with E-state index in [-0.39, 0.29) is 11.8 Å². The number of aromatic nitrogens is 1. The maximum atomic E-state index is 12.5. The molecule has 1 fully saturated rings. The van der Waals surface area contributed by atoms with Crippen molar-refractivity contribution < 1.29 is 9.59 Å². The zero-order valence-electron chi connectivity index (χ0n) is 11.6. The van der Waals surface area contributed by atoms with Crippen molar-refractivity contribution in [2.24, 2.45) is 0 Å². The zero-order chi connectivity index (χ0) is 14.6. The highest BCUT2D eigenvalue weighted by Gasteiger charge is 2.40. The fraction of sp³-hybridized carbons (Fsp3) is 0.500. The fourth-order valence-electron chi connectivity index (χ4n) is 2.63. The molecular weight excluding hydrogens is 256 g/mol. The third-order valence-corrected chi connectivity index (χ3v) is 3.60. The molecule has 0 spiro atoms. The molecule has 2 amide bonds. The summed E-state index contributed by atoms with van der Waals surface area (Å²) in [5, 5.41) is 5.64. The van der Waals surface area contributed by atoms with Crippen molar-refractivity contribution in [3.63, 3.8) is 0 Å². The largest absolute Gasteiger partial charge is 0.384 e. The Morgan fingerprint density at radius 1 is 1.25 bits per heavy atom. The van der Waals surface area contributed by atoms with Crippen LogP contribution >= 0.6 is 0 Å². The third-order valence-electron chi connectivity index (χ3n) is 3.60. The normalized spacial score (nSPS) is 17.2. The molecule has 0 saturated heterocycles. The number of pyridine rings is 1. The SMILES string of the molecule is CC(=O)NC1(C(=O)Nc2ccc(N)nc2)CCCCC1. The smallest absolute Gasteiger partial charge is 0.250 e. The molecule has 0 bridgehead atoms. The van der Waals surface area contributed by atoms with E-state index in [9.17, 15) is 9.59 Å². The molecule has 1 heterocycles. The van der Waals surface area contributed by atoms with Gasteiger partial charge in [-0.05, 0) is 25.0 Å². The second-order valence-electron chi connectivity index (χ2n) is 5.25. The summed E-state index contributed by atoms with van der Waals surface area (Å²) in [6.45, 7) is 1.44. The standard InChI is InChI=1S/C14H20N4O2/c1-10(19)18-14(7-3-2-4-8-14)13(20)17-11-5-6-12(15)16-9-11/h5-6,9H,2-4,7-8H2,1H3,(H2,15,16)(H,17,20)(H,18,19). The van der Waals surface area contributed by atoms with Crippen molar-refractivity contribution in [3.05, 3.63) is 18.3 Å². The lowest BCUT2D eigenvalue weighted by Crippen LogP contribution is -2.57. The maximum absolute atomic E-state index is 12.5. The maximum Gasteiger partial charge on any atom is 0.250 e. The predicted octanol–water partition coefficient (Wildman–Crippen LogP) is 1.44. The number of nitrogens with two attached hydrogens (primary N) is 1. The van der Waals surface area contributed by atoms with Crippen LogP contribution in [0.2, 0.25) is 0 Å². The molecule has 1 aromatic heterocycles. The molecule has 0 radical (unpaired) electrons. The summed E-state index contributed by atoms with van der Waals surface area (Å²) in [5.41, 5.74) is 5.29. The van der Waals surface area contributed by atoms with Gasteiger partial charge in [0.1, 0.15) is 11.4 Å². The number of carbonyl (C=O) groups is 2. The molecular formula is C14H20N4O2. The number of rotatable bonds is 3. The number of hydrogen-bond acceptors (Lipinski definition) is 4. The van der Waals surface area contributed by atoms with Crippen molar-refractivity contribution in [2.75, 3.05) is 11.1 Å². The topological polar surface area (TPSA) is 97.1 Å². The molecule has 108 valence electrons. The van der Waals surface area contributed by atoms with Gasteiger partial charge in [-0.3, -0.25) is 9.59 Å². The lowest BCUT2D eigenvalue weighted by Gasteiger charge is -2.36. The summed E-state index contributed by atoms with van der Waals surface area (Å²) in [4.78, 5) is 27.9. The molecule has 0 aliphatic heterocycles. The van der Waals surface area contributed by atoms with Gasteiger partial charge in [0.15, 0.2) is 0 Å². The average molecular weight is 276 g/mol. The van der Waals surface area contributed by atoms with E-state index in [0.717, 1.165) is 19.3 Å². The van der Waals surface area contributed by atoms with Crippen molar-refractivity contribution >= 4 is 23.3 Å². The first-order valence-corrected chi connectivity index (χ1v) is 6.84. The zero-order valence-corrected chi connectivity index (χ0v) is 11.6. The first-order chi connectivity index (χ1) is 9.52. The highest BCUT2D eigenvalue weighted by atomic mass is 16.2. The summed E-state index contributed by atoms with van der Waals surface area (Å²) < 4.78 is 0. The molecule has 1 aliphatic carbocycles. The number of carbonyl (C=O) groups excluding carboxylic acids is 2. The summed E-state index contributed by atoms with van der Waals surface area (Å²) in [6, 6.07) is 3.33. The van der Waals surface area contributed by atoms with Gasteiger partial charge in [0.25, 0.3) is 0 Å². The number of nitrogens with zero attached hydrogens (tertiary/aromatic N) is 1. The van der Waals surface area contributed by atoms with E-state index in [4.69, 9.17) is 5.73 Å². The second kappa shape index (κ2) is 5.90. The van der Waals surface area contributed by atoms with Crippen LogP contribution in [-0.4, -0.2) is 22.3 Å². The van der Waals surface area contributed by atoms with Gasteiger partial charge in [-0.25, -0.2) is 4.98 Å². The number of hydrogen-bond donors (Lipinski definition) is 3. The number of amides is 2. The molecule has 0 atom stereocenters. The van der Waals surface area contributed by atoms with Crippen LogP contribution < -0.4 is 16.4 Å². The van der Waals surface area contributed by atoms with Crippen molar-refractivity contribution in [1.29, 1.82) is 0 Å². The Morgan fingerprint density at radius 2 is 1.95 bits per heavy atom. The Labute approximate surface area is 118 Å². The van der Waals surface area contributed by atoms with Crippen LogP contribution in [0.1, 0.15) is 39.0 Å². The average Bonchev–Trinajstić information content (AvgIpc) is 2.41.